The molecule has 0 saturated heterocycles. The number of hydrogen-bond donors (Lipinski definition) is 2. The van der Waals surface area contributed by atoms with Crippen molar-refractivity contribution in [1.82, 2.24) is 4.98 Å². The summed E-state index contributed by atoms with van der Waals surface area (Å²) in [6.07, 6.45) is 1.18. The summed E-state index contributed by atoms with van der Waals surface area (Å²) in [6, 6.07) is 14.1. The maximum absolute atomic E-state index is 11.4. The number of fused-ring (bicyclic) bond motifs is 1. The van der Waals surface area contributed by atoms with Crippen LogP contribution in [0.3, 0.4) is 0 Å². The molecule has 9 heteroatoms. The van der Waals surface area contributed by atoms with Crippen molar-refractivity contribution in [2.75, 3.05) is 5.32 Å². The van der Waals surface area contributed by atoms with Crippen LogP contribution in [0.2, 0.25) is 0 Å². The van der Waals surface area contributed by atoms with Gasteiger partial charge in [-0.1, -0.05) is 12.1 Å². The number of hydrogen-bond acceptors (Lipinski definition) is 7. The van der Waals surface area contributed by atoms with E-state index >= 15 is 0 Å². The summed E-state index contributed by atoms with van der Waals surface area (Å²) in [7, 11) is -4.44. The van der Waals surface area contributed by atoms with Gasteiger partial charge in [0, 0.05) is 6.20 Å². The molecule has 0 aliphatic carbocycles. The van der Waals surface area contributed by atoms with Crippen molar-refractivity contribution in [1.29, 1.82) is 10.5 Å². The number of rotatable bonds is 4. The van der Waals surface area contributed by atoms with Gasteiger partial charge in [-0.05, 0) is 30.3 Å². The molecule has 2 N–H and O–H groups in total. The topological polar surface area (TPSA) is 140 Å². The van der Waals surface area contributed by atoms with Crippen LogP contribution in [-0.4, -0.2) is 18.0 Å². The summed E-state index contributed by atoms with van der Waals surface area (Å²) in [6.45, 7) is 0. The summed E-state index contributed by atoms with van der Waals surface area (Å²) in [5.74, 6) is 0.114. The first-order valence-electron chi connectivity index (χ1n) is 7.17. The third-order valence-corrected chi connectivity index (χ3v) is 4.28. The van der Waals surface area contributed by atoms with Gasteiger partial charge < -0.3 is 9.73 Å². The van der Waals surface area contributed by atoms with Crippen molar-refractivity contribution >= 4 is 26.9 Å². The van der Waals surface area contributed by atoms with Crippen LogP contribution in [0.1, 0.15) is 0 Å². The van der Waals surface area contributed by atoms with Crippen LogP contribution in [0.25, 0.3) is 22.6 Å². The van der Waals surface area contributed by atoms with Crippen LogP contribution >= 0.6 is 0 Å². The molecule has 3 aromatic rings. The summed E-state index contributed by atoms with van der Waals surface area (Å²) in [4.78, 5) is 3.96. The first-order chi connectivity index (χ1) is 12.4. The first-order valence-corrected chi connectivity index (χ1v) is 8.61. The first kappa shape index (κ1) is 17.2. The molecule has 0 unspecified atom stereocenters. The molecule has 1 aromatic heterocycles. The van der Waals surface area contributed by atoms with Gasteiger partial charge in [0.1, 0.15) is 23.2 Å². The fourth-order valence-electron chi connectivity index (χ4n) is 2.21. The SMILES string of the molecule is N#CC(C#N)=CNc1ccc(S(=O)(=O)O)cc1-c1nc2ccccc2o1. The molecule has 0 spiro atoms. The number of oxazole rings is 1. The second-order valence-corrected chi connectivity index (χ2v) is 6.52. The Morgan fingerprint density at radius 2 is 1.92 bits per heavy atom. The van der Waals surface area contributed by atoms with E-state index in [-0.39, 0.29) is 21.9 Å². The molecule has 0 radical (unpaired) electrons. The van der Waals surface area contributed by atoms with Gasteiger partial charge in [0.2, 0.25) is 5.89 Å². The van der Waals surface area contributed by atoms with Crippen molar-refractivity contribution in [2.45, 2.75) is 4.90 Å². The van der Waals surface area contributed by atoms with E-state index in [1.807, 2.05) is 0 Å². The highest BCUT2D eigenvalue weighted by Crippen LogP contribution is 2.32. The van der Waals surface area contributed by atoms with Gasteiger partial charge in [-0.3, -0.25) is 4.55 Å². The van der Waals surface area contributed by atoms with E-state index < -0.39 is 10.1 Å². The summed E-state index contributed by atoms with van der Waals surface area (Å²) >= 11 is 0. The van der Waals surface area contributed by atoms with Gasteiger partial charge in [0.25, 0.3) is 10.1 Å². The zero-order valence-electron chi connectivity index (χ0n) is 13.0. The van der Waals surface area contributed by atoms with Gasteiger partial charge in [-0.15, -0.1) is 0 Å². The van der Waals surface area contributed by atoms with E-state index in [0.717, 1.165) is 0 Å². The quantitative estimate of drug-likeness (QED) is 0.530. The Morgan fingerprint density at radius 3 is 2.58 bits per heavy atom. The van der Waals surface area contributed by atoms with Gasteiger partial charge in [0.05, 0.1) is 16.1 Å². The lowest BCUT2D eigenvalue weighted by atomic mass is 10.1. The average molecular weight is 366 g/mol. The molecule has 128 valence electrons. The third kappa shape index (κ3) is 3.39. The molecule has 1 heterocycles. The smallest absolute Gasteiger partial charge is 0.294 e. The molecular formula is C17H10N4O4S. The minimum absolute atomic E-state index is 0.114. The van der Waals surface area contributed by atoms with E-state index in [0.29, 0.717) is 16.8 Å². The minimum Gasteiger partial charge on any atom is -0.436 e. The highest BCUT2D eigenvalue weighted by Gasteiger charge is 2.17. The largest absolute Gasteiger partial charge is 0.436 e. The Bertz CT molecular complexity index is 1160. The summed E-state index contributed by atoms with van der Waals surface area (Å²) < 4.78 is 37.8. The second kappa shape index (κ2) is 6.69. The molecular weight excluding hydrogens is 356 g/mol. The maximum atomic E-state index is 11.4. The fourth-order valence-corrected chi connectivity index (χ4v) is 2.72. The van der Waals surface area contributed by atoms with Crippen LogP contribution in [0.15, 0.2) is 63.6 Å². The van der Waals surface area contributed by atoms with E-state index in [2.05, 4.69) is 10.3 Å². The van der Waals surface area contributed by atoms with Crippen LogP contribution in [0, 0.1) is 22.7 Å². The van der Waals surface area contributed by atoms with Crippen molar-refractivity contribution in [3.05, 3.63) is 54.2 Å². The molecule has 0 bridgehead atoms. The number of nitrogens with zero attached hydrogens (tertiary/aromatic N) is 3. The molecule has 0 atom stereocenters. The van der Waals surface area contributed by atoms with E-state index in [9.17, 15) is 13.0 Å². The summed E-state index contributed by atoms with van der Waals surface area (Å²) in [5.41, 5.74) is 1.47. The molecule has 0 aliphatic rings. The molecule has 2 aromatic carbocycles. The van der Waals surface area contributed by atoms with Crippen molar-refractivity contribution in [2.24, 2.45) is 0 Å². The molecule has 8 nitrogen and oxygen atoms in total. The van der Waals surface area contributed by atoms with Gasteiger partial charge >= 0.3 is 0 Å². The van der Waals surface area contributed by atoms with Crippen molar-refractivity contribution in [3.63, 3.8) is 0 Å². The lowest BCUT2D eigenvalue weighted by Crippen LogP contribution is -2.00. The standard InChI is InChI=1S/C17H10N4O4S/c18-8-11(9-19)10-20-14-6-5-12(26(22,23)24)7-13(14)17-21-15-3-1-2-4-16(15)25-17/h1-7,10,20H,(H,22,23,24). The highest BCUT2D eigenvalue weighted by atomic mass is 32.2. The molecule has 0 aliphatic heterocycles. The molecule has 0 amide bonds. The Balaban J connectivity index is 2.17. The van der Waals surface area contributed by atoms with Gasteiger partial charge in [-0.25, -0.2) is 4.98 Å². The minimum atomic E-state index is -4.44. The zero-order chi connectivity index (χ0) is 18.7. The van der Waals surface area contributed by atoms with Crippen LogP contribution in [0.4, 0.5) is 5.69 Å². The number of para-hydroxylation sites is 2. The second-order valence-electron chi connectivity index (χ2n) is 5.10. The Kier molecular flexibility index (Phi) is 4.42. The monoisotopic (exact) mass is 366 g/mol. The molecule has 0 fully saturated rings. The lowest BCUT2D eigenvalue weighted by Gasteiger charge is -2.08. The van der Waals surface area contributed by atoms with Crippen molar-refractivity contribution in [3.8, 4) is 23.6 Å². The number of nitriles is 2. The Hall–Kier alpha value is -3.66. The van der Waals surface area contributed by atoms with E-state index in [1.54, 1.807) is 36.4 Å². The predicted octanol–water partition coefficient (Wildman–Crippen LogP) is 3.08. The van der Waals surface area contributed by atoms with Gasteiger partial charge in [-0.2, -0.15) is 18.9 Å². The van der Waals surface area contributed by atoms with E-state index in [4.69, 9.17) is 14.9 Å². The van der Waals surface area contributed by atoms with E-state index in [1.165, 1.54) is 24.4 Å². The average Bonchev–Trinajstić information content (AvgIpc) is 3.05. The number of anilines is 1. The number of allylic oxidation sites excluding steroid dienone is 1. The fraction of sp³-hybridized carbons (Fsp3) is 0. The molecule has 3 rings (SSSR count). The van der Waals surface area contributed by atoms with Crippen LogP contribution < -0.4 is 5.32 Å². The molecule has 26 heavy (non-hydrogen) atoms. The molecule has 0 saturated carbocycles. The number of aromatic nitrogens is 1. The zero-order valence-corrected chi connectivity index (χ0v) is 13.9. The van der Waals surface area contributed by atoms with Gasteiger partial charge in [0.15, 0.2) is 5.58 Å². The third-order valence-electron chi connectivity index (χ3n) is 3.43. The van der Waals surface area contributed by atoms with Crippen molar-refractivity contribution < 1.29 is 17.4 Å². The maximum Gasteiger partial charge on any atom is 0.294 e. The van der Waals surface area contributed by atoms with Crippen LogP contribution in [0.5, 0.6) is 0 Å². The normalized spacial score (nSPS) is 10.7. The lowest BCUT2D eigenvalue weighted by molar-refractivity contribution is 0.483. The highest BCUT2D eigenvalue weighted by molar-refractivity contribution is 7.85. The Morgan fingerprint density at radius 1 is 1.19 bits per heavy atom. The summed E-state index contributed by atoms with van der Waals surface area (Å²) in [5, 5.41) is 20.4. The number of nitrogens with one attached hydrogen (secondary N) is 1. The van der Waals surface area contributed by atoms with Crippen LogP contribution in [-0.2, 0) is 10.1 Å². The predicted molar refractivity (Wildman–Crippen MR) is 92.2 cm³/mol. The Labute approximate surface area is 148 Å². The number of benzene rings is 2.